The van der Waals surface area contributed by atoms with Gasteiger partial charge in [-0.1, -0.05) is 48.5 Å². The van der Waals surface area contributed by atoms with Gasteiger partial charge in [-0.3, -0.25) is 4.79 Å². The molecule has 0 radical (unpaired) electrons. The number of hydrazone groups is 1. The number of ether oxygens (including phenoxy) is 3. The predicted octanol–water partition coefficient (Wildman–Crippen LogP) is 4.90. The van der Waals surface area contributed by atoms with E-state index in [-0.39, 0.29) is 6.61 Å². The molecule has 0 bridgehead atoms. The molecule has 8 heteroatoms. The highest BCUT2D eigenvalue weighted by Gasteiger charge is 2.11. The summed E-state index contributed by atoms with van der Waals surface area (Å²) < 4.78 is 16.1. The molecule has 0 spiro atoms. The Labute approximate surface area is 179 Å². The quantitative estimate of drug-likeness (QED) is 0.328. The summed E-state index contributed by atoms with van der Waals surface area (Å²) in [5, 5.41) is 4.59. The fourth-order valence-corrected chi connectivity index (χ4v) is 2.85. The molecule has 2 aromatic rings. The lowest BCUT2D eigenvalue weighted by Crippen LogP contribution is -2.17. The normalized spacial score (nSPS) is 10.4. The Balaban J connectivity index is 2.07. The lowest BCUT2D eigenvalue weighted by molar-refractivity contribution is 0.0954. The molecule has 29 heavy (non-hydrogen) atoms. The summed E-state index contributed by atoms with van der Waals surface area (Å²) in [6.07, 6.45) is 4.63. The van der Waals surface area contributed by atoms with Crippen LogP contribution in [-0.4, -0.2) is 32.4 Å². The highest BCUT2D eigenvalue weighted by Crippen LogP contribution is 2.34. The van der Waals surface area contributed by atoms with Gasteiger partial charge < -0.3 is 14.2 Å². The number of amides is 1. The standard InChI is InChI=1S/C21H20Cl2N2O4/c1-4-8-28-18-7-6-15(12-19(18)27-3)21(26)25-24-13-14-10-16(22)20(17(23)11-14)29-9-5-2/h4-7,10-13H,1-2,8-9H2,3H3,(H,25,26)/b24-13+. The van der Waals surface area contributed by atoms with Crippen LogP contribution in [0.5, 0.6) is 17.2 Å². The number of hydrogen-bond donors (Lipinski definition) is 1. The van der Waals surface area contributed by atoms with Crippen LogP contribution < -0.4 is 19.6 Å². The van der Waals surface area contributed by atoms with Gasteiger partial charge in [-0.2, -0.15) is 5.10 Å². The smallest absolute Gasteiger partial charge is 0.271 e. The molecule has 0 heterocycles. The number of methoxy groups -OCH3 is 1. The molecule has 1 amide bonds. The van der Waals surface area contributed by atoms with Gasteiger partial charge in [-0.25, -0.2) is 5.43 Å². The third-order valence-electron chi connectivity index (χ3n) is 3.53. The van der Waals surface area contributed by atoms with Crippen molar-refractivity contribution in [2.24, 2.45) is 5.10 Å². The van der Waals surface area contributed by atoms with E-state index in [0.29, 0.717) is 45.0 Å². The van der Waals surface area contributed by atoms with Crippen molar-refractivity contribution in [3.05, 3.63) is 76.8 Å². The van der Waals surface area contributed by atoms with Crippen molar-refractivity contribution in [2.75, 3.05) is 20.3 Å². The fourth-order valence-electron chi connectivity index (χ4n) is 2.24. The minimum Gasteiger partial charge on any atom is -0.493 e. The molecule has 152 valence electrons. The van der Waals surface area contributed by atoms with Crippen molar-refractivity contribution < 1.29 is 19.0 Å². The average Bonchev–Trinajstić information content (AvgIpc) is 2.71. The van der Waals surface area contributed by atoms with Crippen molar-refractivity contribution in [1.82, 2.24) is 5.43 Å². The minimum atomic E-state index is -0.419. The Morgan fingerprint density at radius 2 is 1.72 bits per heavy atom. The van der Waals surface area contributed by atoms with Gasteiger partial charge in [-0.15, -0.1) is 0 Å². The van der Waals surface area contributed by atoms with Crippen LogP contribution >= 0.6 is 23.2 Å². The fraction of sp³-hybridized carbons (Fsp3) is 0.143. The molecule has 0 unspecified atom stereocenters. The van der Waals surface area contributed by atoms with Crippen LogP contribution in [0.2, 0.25) is 10.0 Å². The SMILES string of the molecule is C=CCOc1ccc(C(=O)N/N=C/c2cc(Cl)c(OCC=C)c(Cl)c2)cc1OC. The number of nitrogens with zero attached hydrogens (tertiary/aromatic N) is 1. The Bertz CT molecular complexity index is 906. The van der Waals surface area contributed by atoms with Crippen LogP contribution in [0.15, 0.2) is 60.7 Å². The Morgan fingerprint density at radius 3 is 2.34 bits per heavy atom. The molecule has 0 fully saturated rings. The summed E-state index contributed by atoms with van der Waals surface area (Å²) in [6, 6.07) is 8.04. The summed E-state index contributed by atoms with van der Waals surface area (Å²) in [4.78, 5) is 12.3. The van der Waals surface area contributed by atoms with Crippen molar-refractivity contribution in [3.63, 3.8) is 0 Å². The van der Waals surface area contributed by atoms with E-state index in [0.717, 1.165) is 0 Å². The zero-order chi connectivity index (χ0) is 21.2. The van der Waals surface area contributed by atoms with Crippen LogP contribution in [0.3, 0.4) is 0 Å². The zero-order valence-electron chi connectivity index (χ0n) is 15.8. The van der Waals surface area contributed by atoms with Crippen molar-refractivity contribution in [2.45, 2.75) is 0 Å². The second kappa shape index (κ2) is 11.1. The van der Waals surface area contributed by atoms with E-state index in [4.69, 9.17) is 37.4 Å². The van der Waals surface area contributed by atoms with Crippen molar-refractivity contribution in [3.8, 4) is 17.2 Å². The van der Waals surface area contributed by atoms with Crippen LogP contribution in [0, 0.1) is 0 Å². The number of benzene rings is 2. The number of carbonyl (C=O) groups is 1. The lowest BCUT2D eigenvalue weighted by atomic mass is 10.2. The Kier molecular flexibility index (Phi) is 8.58. The molecule has 0 saturated carbocycles. The largest absolute Gasteiger partial charge is 0.493 e. The van der Waals surface area contributed by atoms with Gasteiger partial charge in [0.25, 0.3) is 5.91 Å². The molecular weight excluding hydrogens is 415 g/mol. The van der Waals surface area contributed by atoms with Crippen molar-refractivity contribution in [1.29, 1.82) is 0 Å². The van der Waals surface area contributed by atoms with Gasteiger partial charge in [0.15, 0.2) is 17.2 Å². The van der Waals surface area contributed by atoms with Crippen LogP contribution in [-0.2, 0) is 0 Å². The summed E-state index contributed by atoms with van der Waals surface area (Å²) >= 11 is 12.3. The third-order valence-corrected chi connectivity index (χ3v) is 4.09. The van der Waals surface area contributed by atoms with Crippen LogP contribution in [0.4, 0.5) is 0 Å². The van der Waals surface area contributed by atoms with Crippen LogP contribution in [0.25, 0.3) is 0 Å². The zero-order valence-corrected chi connectivity index (χ0v) is 17.3. The first-order valence-corrected chi connectivity index (χ1v) is 9.23. The first-order valence-electron chi connectivity index (χ1n) is 8.48. The van der Waals surface area contributed by atoms with E-state index in [1.807, 2.05) is 0 Å². The number of halogens is 2. The maximum absolute atomic E-state index is 12.3. The van der Waals surface area contributed by atoms with E-state index in [9.17, 15) is 4.79 Å². The van der Waals surface area contributed by atoms with E-state index < -0.39 is 5.91 Å². The molecule has 2 rings (SSSR count). The topological polar surface area (TPSA) is 69.2 Å². The molecule has 2 aromatic carbocycles. The van der Waals surface area contributed by atoms with E-state index in [2.05, 4.69) is 23.7 Å². The number of carbonyl (C=O) groups excluding carboxylic acids is 1. The predicted molar refractivity (Wildman–Crippen MR) is 116 cm³/mol. The summed E-state index contributed by atoms with van der Waals surface area (Å²) in [6.45, 7) is 7.77. The van der Waals surface area contributed by atoms with Gasteiger partial charge in [0.05, 0.1) is 23.4 Å². The van der Waals surface area contributed by atoms with Gasteiger partial charge in [0.2, 0.25) is 0 Å². The van der Waals surface area contributed by atoms with Crippen molar-refractivity contribution >= 4 is 35.3 Å². The molecule has 0 atom stereocenters. The first-order chi connectivity index (χ1) is 14.0. The average molecular weight is 435 g/mol. The maximum Gasteiger partial charge on any atom is 0.271 e. The second-order valence-electron chi connectivity index (χ2n) is 5.58. The molecule has 0 aromatic heterocycles. The molecule has 0 saturated heterocycles. The molecule has 1 N–H and O–H groups in total. The van der Waals surface area contributed by atoms with E-state index >= 15 is 0 Å². The second-order valence-corrected chi connectivity index (χ2v) is 6.39. The summed E-state index contributed by atoms with van der Waals surface area (Å²) in [5.41, 5.74) is 3.39. The van der Waals surface area contributed by atoms with E-state index in [1.54, 1.807) is 42.5 Å². The maximum atomic E-state index is 12.3. The Hall–Kier alpha value is -2.96. The molecule has 0 aliphatic carbocycles. The highest BCUT2D eigenvalue weighted by atomic mass is 35.5. The number of nitrogens with one attached hydrogen (secondary N) is 1. The molecule has 0 aliphatic rings. The van der Waals surface area contributed by atoms with Gasteiger partial charge in [0, 0.05) is 5.56 Å². The third kappa shape index (κ3) is 6.27. The van der Waals surface area contributed by atoms with Gasteiger partial charge in [-0.05, 0) is 35.9 Å². The first kappa shape index (κ1) is 22.3. The van der Waals surface area contributed by atoms with Crippen LogP contribution in [0.1, 0.15) is 15.9 Å². The monoisotopic (exact) mass is 434 g/mol. The number of hydrogen-bond acceptors (Lipinski definition) is 5. The summed E-state index contributed by atoms with van der Waals surface area (Å²) in [7, 11) is 1.49. The van der Waals surface area contributed by atoms with Gasteiger partial charge in [0.1, 0.15) is 13.2 Å². The molecule has 6 nitrogen and oxygen atoms in total. The lowest BCUT2D eigenvalue weighted by Gasteiger charge is -2.10. The summed E-state index contributed by atoms with van der Waals surface area (Å²) in [5.74, 6) is 0.880. The Morgan fingerprint density at radius 1 is 1.07 bits per heavy atom. The molecular formula is C21H20Cl2N2O4. The minimum absolute atomic E-state index is 0.282. The molecule has 0 aliphatic heterocycles. The number of rotatable bonds is 10. The van der Waals surface area contributed by atoms with Gasteiger partial charge >= 0.3 is 0 Å². The highest BCUT2D eigenvalue weighted by molar-refractivity contribution is 6.37. The van der Waals surface area contributed by atoms with E-state index in [1.165, 1.54) is 13.3 Å².